The summed E-state index contributed by atoms with van der Waals surface area (Å²) in [5.41, 5.74) is -1.81. The van der Waals surface area contributed by atoms with Crippen LogP contribution in [-0.2, 0) is 33.3 Å². The number of aliphatic hydroxyl groups excluding tert-OH is 2. The summed E-state index contributed by atoms with van der Waals surface area (Å²) in [4.78, 5) is 35.5. The average Bonchev–Trinajstić information content (AvgIpc) is 3.62. The summed E-state index contributed by atoms with van der Waals surface area (Å²) in [6, 6.07) is 0. The molecule has 0 amide bonds. The minimum absolute atomic E-state index is 0.116. The van der Waals surface area contributed by atoms with Gasteiger partial charge in [0, 0.05) is 12.3 Å². The molecule has 0 aromatic heterocycles. The molecule has 5 saturated carbocycles. The standard InChI is InChI=1S/C37H58O10/c1-20-17-23(30(33(5,6)43)45-21(2)40)46-28-27(20)34(7)13-14-37-19-36(37)12-11-26(47-31(22(41)18-39)44-16-15-38)32(3,4)24(36)9-10-25(37)35(34,8)29(28)42/h15,20,23-31,39,42-43H,9-14,16-19H2,1-8H3. The molecule has 1 heterocycles. The monoisotopic (exact) mass is 662 g/mol. The molecule has 14 atom stereocenters. The maximum Gasteiger partial charge on any atom is 0.303 e. The van der Waals surface area contributed by atoms with Gasteiger partial charge in [0.15, 0.2) is 6.10 Å². The smallest absolute Gasteiger partial charge is 0.303 e. The van der Waals surface area contributed by atoms with Crippen molar-refractivity contribution in [3.63, 3.8) is 0 Å². The van der Waals surface area contributed by atoms with E-state index in [0.29, 0.717) is 24.5 Å². The topological polar surface area (TPSA) is 149 Å². The minimum Gasteiger partial charge on any atom is -0.457 e. The van der Waals surface area contributed by atoms with E-state index in [9.17, 15) is 29.7 Å². The van der Waals surface area contributed by atoms with Crippen molar-refractivity contribution < 1.29 is 48.7 Å². The lowest BCUT2D eigenvalue weighted by molar-refractivity contribution is -0.229. The van der Waals surface area contributed by atoms with E-state index in [4.69, 9.17) is 18.9 Å². The molecule has 0 radical (unpaired) electrons. The Hall–Kier alpha value is -1.43. The Morgan fingerprint density at radius 3 is 2.32 bits per heavy atom. The van der Waals surface area contributed by atoms with Crippen LogP contribution in [0.1, 0.15) is 107 Å². The molecule has 1 saturated heterocycles. The Labute approximate surface area is 279 Å². The molecule has 0 aromatic carbocycles. The van der Waals surface area contributed by atoms with Gasteiger partial charge in [-0.25, -0.2) is 0 Å². The molecule has 10 heteroatoms. The fourth-order valence-corrected chi connectivity index (χ4v) is 13.2. The van der Waals surface area contributed by atoms with Gasteiger partial charge in [-0.1, -0.05) is 34.6 Å². The van der Waals surface area contributed by atoms with Crippen LogP contribution < -0.4 is 0 Å². The highest BCUT2D eigenvalue weighted by Gasteiger charge is 2.84. The number of ether oxygens (including phenoxy) is 4. The van der Waals surface area contributed by atoms with Crippen LogP contribution in [0.5, 0.6) is 0 Å². The van der Waals surface area contributed by atoms with Crippen molar-refractivity contribution in [1.82, 2.24) is 0 Å². The van der Waals surface area contributed by atoms with Crippen LogP contribution >= 0.6 is 0 Å². The van der Waals surface area contributed by atoms with Crippen LogP contribution in [0.2, 0.25) is 0 Å². The fraction of sp³-hybridized carbons (Fsp3) is 0.919. The Morgan fingerprint density at radius 1 is 1.04 bits per heavy atom. The van der Waals surface area contributed by atoms with Gasteiger partial charge < -0.3 is 39.1 Å². The number of rotatable bonds is 10. The second-order valence-electron chi connectivity index (χ2n) is 17.8. The van der Waals surface area contributed by atoms with Crippen LogP contribution in [0.3, 0.4) is 0 Å². The summed E-state index contributed by atoms with van der Waals surface area (Å²) in [6.45, 7) is 15.1. The number of hydrogen-bond acceptors (Lipinski definition) is 10. The first-order chi connectivity index (χ1) is 21.9. The van der Waals surface area contributed by atoms with E-state index < -0.39 is 54.7 Å². The van der Waals surface area contributed by atoms with Crippen LogP contribution in [0.15, 0.2) is 0 Å². The highest BCUT2D eigenvalue weighted by Crippen LogP contribution is 2.89. The van der Waals surface area contributed by atoms with Gasteiger partial charge in [0.05, 0.1) is 30.0 Å². The van der Waals surface area contributed by atoms with Gasteiger partial charge in [0.2, 0.25) is 12.1 Å². The molecule has 10 nitrogen and oxygen atoms in total. The van der Waals surface area contributed by atoms with Gasteiger partial charge in [0.1, 0.15) is 19.5 Å². The summed E-state index contributed by atoms with van der Waals surface area (Å²) < 4.78 is 24.2. The lowest BCUT2D eigenvalue weighted by Crippen LogP contribution is -2.60. The Balaban J connectivity index is 1.27. The number of aldehydes is 1. The lowest BCUT2D eigenvalue weighted by Gasteiger charge is -2.63. The van der Waals surface area contributed by atoms with Gasteiger partial charge in [-0.15, -0.1) is 0 Å². The van der Waals surface area contributed by atoms with Crippen LogP contribution in [0, 0.1) is 50.7 Å². The summed E-state index contributed by atoms with van der Waals surface area (Å²) in [5, 5.41) is 33.0. The maximum absolute atomic E-state index is 12.5. The van der Waals surface area contributed by atoms with E-state index in [0.717, 1.165) is 44.9 Å². The number of carbonyl (C=O) groups excluding carboxylic acids is 3. The van der Waals surface area contributed by atoms with Crippen molar-refractivity contribution in [3.05, 3.63) is 0 Å². The predicted molar refractivity (Wildman–Crippen MR) is 171 cm³/mol. The molecule has 6 rings (SSSR count). The third-order valence-corrected chi connectivity index (χ3v) is 15.1. The van der Waals surface area contributed by atoms with Crippen molar-refractivity contribution in [3.8, 4) is 0 Å². The summed E-state index contributed by atoms with van der Waals surface area (Å²) >= 11 is 0. The van der Waals surface area contributed by atoms with Crippen molar-refractivity contribution in [1.29, 1.82) is 0 Å². The molecule has 47 heavy (non-hydrogen) atoms. The Morgan fingerprint density at radius 2 is 1.70 bits per heavy atom. The third kappa shape index (κ3) is 4.89. The van der Waals surface area contributed by atoms with Crippen molar-refractivity contribution in [2.75, 3.05) is 13.2 Å². The van der Waals surface area contributed by atoms with Crippen LogP contribution in [0.4, 0.5) is 0 Å². The first-order valence-corrected chi connectivity index (χ1v) is 17.9. The fourth-order valence-electron chi connectivity index (χ4n) is 13.2. The predicted octanol–water partition coefficient (Wildman–Crippen LogP) is 3.99. The van der Waals surface area contributed by atoms with E-state index in [-0.39, 0.29) is 51.6 Å². The van der Waals surface area contributed by atoms with Crippen LogP contribution in [-0.4, -0.2) is 89.0 Å². The number of esters is 1. The number of Topliss-reactive ketones (excluding diaryl/α,β-unsaturated/α-hetero) is 1. The van der Waals surface area contributed by atoms with Gasteiger partial charge >= 0.3 is 5.97 Å². The average molecular weight is 663 g/mol. The maximum atomic E-state index is 12.5. The minimum atomic E-state index is -1.29. The largest absolute Gasteiger partial charge is 0.457 e. The molecule has 3 N–H and O–H groups in total. The zero-order chi connectivity index (χ0) is 34.5. The normalized spacial score (nSPS) is 47.6. The number of carbonyl (C=O) groups is 3. The quantitative estimate of drug-likeness (QED) is 0.178. The van der Waals surface area contributed by atoms with Crippen LogP contribution in [0.25, 0.3) is 0 Å². The molecule has 14 unspecified atom stereocenters. The highest BCUT2D eigenvalue weighted by atomic mass is 16.7. The third-order valence-electron chi connectivity index (χ3n) is 15.1. The molecule has 0 aromatic rings. The number of hydrogen-bond donors (Lipinski definition) is 3. The first-order valence-electron chi connectivity index (χ1n) is 17.9. The zero-order valence-corrected chi connectivity index (χ0v) is 29.6. The molecule has 6 aliphatic rings. The second kappa shape index (κ2) is 11.6. The van der Waals surface area contributed by atoms with Gasteiger partial charge in [-0.05, 0) is 111 Å². The summed E-state index contributed by atoms with van der Waals surface area (Å²) in [7, 11) is 0. The SMILES string of the molecule is CC(=O)OC(C1CC(C)C2C(O1)C(O)C1(C)C3CCC4C(C)(C)C(OC(OCC=O)C(=O)CO)CCC45CC35CCC21C)C(C)(C)O. The number of ketones is 1. The number of aliphatic hydroxyl groups is 3. The molecule has 0 bridgehead atoms. The number of fused-ring (bicyclic) bond motifs is 4. The lowest BCUT2D eigenvalue weighted by atomic mass is 9.41. The van der Waals surface area contributed by atoms with E-state index in [1.807, 2.05) is 0 Å². The molecule has 6 fully saturated rings. The van der Waals surface area contributed by atoms with Gasteiger partial charge in [-0.3, -0.25) is 9.59 Å². The van der Waals surface area contributed by atoms with E-state index in [1.165, 1.54) is 6.92 Å². The Kier molecular flexibility index (Phi) is 8.70. The Bertz CT molecular complexity index is 1260. The van der Waals surface area contributed by atoms with Crippen molar-refractivity contribution in [2.45, 2.75) is 149 Å². The molecule has 5 aliphatic carbocycles. The molecule has 1 aliphatic heterocycles. The van der Waals surface area contributed by atoms with E-state index in [1.54, 1.807) is 13.8 Å². The molecular weight excluding hydrogens is 604 g/mol. The van der Waals surface area contributed by atoms with Crippen molar-refractivity contribution in [2.24, 2.45) is 50.7 Å². The van der Waals surface area contributed by atoms with Crippen molar-refractivity contribution >= 4 is 18.0 Å². The first kappa shape index (κ1) is 35.4. The highest BCUT2D eigenvalue weighted by molar-refractivity contribution is 5.83. The summed E-state index contributed by atoms with van der Waals surface area (Å²) in [5.74, 6) is 0.0146. The van der Waals surface area contributed by atoms with Gasteiger partial charge in [-0.2, -0.15) is 0 Å². The summed E-state index contributed by atoms with van der Waals surface area (Å²) in [6.07, 6.45) is 4.24. The molecule has 2 spiro atoms. The zero-order valence-electron chi connectivity index (χ0n) is 29.6. The second-order valence-corrected chi connectivity index (χ2v) is 17.8. The van der Waals surface area contributed by atoms with E-state index in [2.05, 4.69) is 34.6 Å². The van der Waals surface area contributed by atoms with E-state index >= 15 is 0 Å². The molecular formula is C37H58O10. The molecule has 266 valence electrons. The van der Waals surface area contributed by atoms with Gasteiger partial charge in [0.25, 0.3) is 0 Å².